The molecule has 47 heavy (non-hydrogen) atoms. The minimum atomic E-state index is -0.0134. The van der Waals surface area contributed by atoms with Crippen LogP contribution in [-0.4, -0.2) is 49.2 Å². The van der Waals surface area contributed by atoms with E-state index in [9.17, 15) is 9.59 Å². The van der Waals surface area contributed by atoms with Crippen molar-refractivity contribution in [2.75, 3.05) is 26.2 Å². The first kappa shape index (κ1) is 45.9. The molecule has 0 aromatic heterocycles. The van der Waals surface area contributed by atoms with Gasteiger partial charge in [0.25, 0.3) is 0 Å². The smallest absolute Gasteiger partial charge is 0.306 e. The van der Waals surface area contributed by atoms with E-state index in [2.05, 4.69) is 32.6 Å². The first-order chi connectivity index (χ1) is 23.1. The summed E-state index contributed by atoms with van der Waals surface area (Å²) in [4.78, 5) is 27.2. The quantitative estimate of drug-likeness (QED) is 0.0485. The van der Waals surface area contributed by atoms with Gasteiger partial charge in [-0.15, -0.1) is 0 Å². The highest BCUT2D eigenvalue weighted by atomic mass is 16.5. The second-order valence-electron chi connectivity index (χ2n) is 14.3. The average Bonchev–Trinajstić information content (AvgIpc) is 3.07. The van der Waals surface area contributed by atoms with Crippen LogP contribution in [0.5, 0.6) is 0 Å². The van der Waals surface area contributed by atoms with E-state index >= 15 is 0 Å². The minimum Gasteiger partial charge on any atom is -0.466 e. The summed E-state index contributed by atoms with van der Waals surface area (Å²) in [6.45, 7) is 13.0. The highest BCUT2D eigenvalue weighted by molar-refractivity contribution is 5.69. The van der Waals surface area contributed by atoms with Gasteiger partial charge in [0.1, 0.15) is 6.10 Å². The van der Waals surface area contributed by atoms with Gasteiger partial charge < -0.3 is 14.4 Å². The Kier molecular flexibility index (Phi) is 36.8. The molecular formula is C42H83NO4. The summed E-state index contributed by atoms with van der Waals surface area (Å²) in [5, 5.41) is 0. The lowest BCUT2D eigenvalue weighted by Gasteiger charge is -2.20. The van der Waals surface area contributed by atoms with E-state index in [1.165, 1.54) is 141 Å². The summed E-state index contributed by atoms with van der Waals surface area (Å²) >= 11 is 0. The molecule has 0 rings (SSSR count). The third kappa shape index (κ3) is 34.6. The SMILES string of the molecule is CCCCCCCCCOC(=O)CCCCCCN(CC)CCCCCCC(=O)OC(CCCCCCCC)CCCCCCCC. The van der Waals surface area contributed by atoms with Crippen molar-refractivity contribution in [2.24, 2.45) is 0 Å². The average molecular weight is 666 g/mol. The highest BCUT2D eigenvalue weighted by Crippen LogP contribution is 2.18. The van der Waals surface area contributed by atoms with Crippen LogP contribution in [0.4, 0.5) is 0 Å². The number of carbonyl (C=O) groups is 2. The lowest BCUT2D eigenvalue weighted by molar-refractivity contribution is -0.150. The molecule has 0 atom stereocenters. The van der Waals surface area contributed by atoms with E-state index in [1.54, 1.807) is 0 Å². The molecular weight excluding hydrogens is 582 g/mol. The number of nitrogens with zero attached hydrogens (tertiary/aromatic N) is 1. The molecule has 0 bridgehead atoms. The Labute approximate surface area is 294 Å². The molecule has 0 radical (unpaired) electrons. The van der Waals surface area contributed by atoms with Gasteiger partial charge in [-0.25, -0.2) is 0 Å². The van der Waals surface area contributed by atoms with Crippen molar-refractivity contribution in [1.82, 2.24) is 4.90 Å². The van der Waals surface area contributed by atoms with Gasteiger partial charge >= 0.3 is 11.9 Å². The predicted octanol–water partition coefficient (Wildman–Crippen LogP) is 12.9. The van der Waals surface area contributed by atoms with E-state index in [0.717, 1.165) is 64.6 Å². The molecule has 0 heterocycles. The Morgan fingerprint density at radius 2 is 0.830 bits per heavy atom. The molecule has 0 aliphatic carbocycles. The molecule has 0 spiro atoms. The first-order valence-electron chi connectivity index (χ1n) is 21.1. The van der Waals surface area contributed by atoms with Gasteiger partial charge in [0.2, 0.25) is 0 Å². The van der Waals surface area contributed by atoms with E-state index in [4.69, 9.17) is 9.47 Å². The van der Waals surface area contributed by atoms with Crippen LogP contribution in [0.25, 0.3) is 0 Å². The molecule has 0 unspecified atom stereocenters. The maximum absolute atomic E-state index is 12.7. The predicted molar refractivity (Wildman–Crippen MR) is 203 cm³/mol. The maximum Gasteiger partial charge on any atom is 0.306 e. The lowest BCUT2D eigenvalue weighted by atomic mass is 10.0. The first-order valence-corrected chi connectivity index (χ1v) is 21.1. The molecule has 0 fully saturated rings. The molecule has 0 amide bonds. The summed E-state index contributed by atoms with van der Waals surface area (Å²) in [5.74, 6) is 0.0177. The lowest BCUT2D eigenvalue weighted by Crippen LogP contribution is -2.25. The van der Waals surface area contributed by atoms with Gasteiger partial charge in [0.15, 0.2) is 0 Å². The number of unbranched alkanes of at least 4 members (excludes halogenated alkanes) is 22. The summed E-state index contributed by atoms with van der Waals surface area (Å²) in [6.07, 6.45) is 36.5. The second-order valence-corrected chi connectivity index (χ2v) is 14.3. The van der Waals surface area contributed by atoms with E-state index < -0.39 is 0 Å². The number of ether oxygens (including phenoxy) is 2. The molecule has 0 saturated heterocycles. The topological polar surface area (TPSA) is 55.8 Å². The number of hydrogen-bond donors (Lipinski definition) is 0. The molecule has 5 heteroatoms. The Hall–Kier alpha value is -1.10. The minimum absolute atomic E-state index is 0.0134. The van der Waals surface area contributed by atoms with Crippen LogP contribution >= 0.6 is 0 Å². The third-order valence-electron chi connectivity index (χ3n) is 9.73. The largest absolute Gasteiger partial charge is 0.466 e. The number of esters is 2. The van der Waals surface area contributed by atoms with Crippen LogP contribution in [0, 0.1) is 0 Å². The number of hydrogen-bond acceptors (Lipinski definition) is 5. The molecule has 0 aliphatic heterocycles. The number of carbonyl (C=O) groups excluding carboxylic acids is 2. The molecule has 0 aromatic carbocycles. The van der Waals surface area contributed by atoms with Crippen molar-refractivity contribution >= 4 is 11.9 Å². The fourth-order valence-electron chi connectivity index (χ4n) is 6.47. The second kappa shape index (κ2) is 37.7. The van der Waals surface area contributed by atoms with E-state index in [0.29, 0.717) is 19.4 Å². The van der Waals surface area contributed by atoms with Crippen molar-refractivity contribution < 1.29 is 19.1 Å². The Balaban J connectivity index is 3.91. The van der Waals surface area contributed by atoms with Gasteiger partial charge in [-0.3, -0.25) is 9.59 Å². The van der Waals surface area contributed by atoms with Gasteiger partial charge in [-0.1, -0.05) is 156 Å². The number of rotatable bonds is 38. The van der Waals surface area contributed by atoms with Crippen LogP contribution in [0.3, 0.4) is 0 Å². The van der Waals surface area contributed by atoms with E-state index in [-0.39, 0.29) is 18.0 Å². The van der Waals surface area contributed by atoms with Crippen molar-refractivity contribution in [3.8, 4) is 0 Å². The fourth-order valence-corrected chi connectivity index (χ4v) is 6.47. The summed E-state index contributed by atoms with van der Waals surface area (Å²) in [6, 6.07) is 0. The van der Waals surface area contributed by atoms with Gasteiger partial charge in [0, 0.05) is 12.8 Å². The van der Waals surface area contributed by atoms with Crippen LogP contribution in [0.15, 0.2) is 0 Å². The van der Waals surface area contributed by atoms with Gasteiger partial charge in [-0.05, 0) is 77.4 Å². The van der Waals surface area contributed by atoms with Crippen molar-refractivity contribution in [2.45, 2.75) is 233 Å². The van der Waals surface area contributed by atoms with Crippen LogP contribution in [0.2, 0.25) is 0 Å². The van der Waals surface area contributed by atoms with Gasteiger partial charge in [-0.2, -0.15) is 0 Å². The summed E-state index contributed by atoms with van der Waals surface area (Å²) < 4.78 is 11.4. The molecule has 5 nitrogen and oxygen atoms in total. The highest BCUT2D eigenvalue weighted by Gasteiger charge is 2.14. The zero-order valence-corrected chi connectivity index (χ0v) is 32.4. The summed E-state index contributed by atoms with van der Waals surface area (Å²) in [7, 11) is 0. The normalized spacial score (nSPS) is 11.5. The van der Waals surface area contributed by atoms with Crippen molar-refractivity contribution in [3.63, 3.8) is 0 Å². The van der Waals surface area contributed by atoms with E-state index in [1.807, 2.05) is 0 Å². The molecule has 0 saturated carbocycles. The Morgan fingerprint density at radius 1 is 0.447 bits per heavy atom. The fraction of sp³-hybridized carbons (Fsp3) is 0.952. The van der Waals surface area contributed by atoms with Crippen molar-refractivity contribution in [3.05, 3.63) is 0 Å². The zero-order chi connectivity index (χ0) is 34.5. The standard InChI is InChI=1S/C42H83NO4/c1-5-9-12-15-18-25-32-39-46-41(44)35-28-21-23-30-37-43(8-4)38-31-24-22-29-36-42(45)47-40(33-26-19-16-13-10-6-2)34-27-20-17-14-11-7-3/h40H,5-39H2,1-4H3. The monoisotopic (exact) mass is 666 g/mol. The molecule has 280 valence electrons. The molecule has 0 N–H and O–H groups in total. The molecule has 0 aromatic rings. The van der Waals surface area contributed by atoms with Crippen LogP contribution < -0.4 is 0 Å². The Morgan fingerprint density at radius 3 is 1.30 bits per heavy atom. The molecule has 0 aliphatic rings. The Bertz CT molecular complexity index is 639. The third-order valence-corrected chi connectivity index (χ3v) is 9.73. The zero-order valence-electron chi connectivity index (χ0n) is 32.4. The van der Waals surface area contributed by atoms with Gasteiger partial charge in [0.05, 0.1) is 6.61 Å². The maximum atomic E-state index is 12.7. The van der Waals surface area contributed by atoms with Crippen LogP contribution in [-0.2, 0) is 19.1 Å². The van der Waals surface area contributed by atoms with Crippen LogP contribution in [0.1, 0.15) is 227 Å². The van der Waals surface area contributed by atoms with Crippen molar-refractivity contribution in [1.29, 1.82) is 0 Å². The summed E-state index contributed by atoms with van der Waals surface area (Å²) in [5.41, 5.74) is 0.